The highest BCUT2D eigenvalue weighted by Crippen LogP contribution is 2.11. The fraction of sp³-hybridized carbons (Fsp3) is 1.00. The van der Waals surface area contributed by atoms with Crippen LogP contribution in [0.25, 0.3) is 0 Å². The van der Waals surface area contributed by atoms with E-state index >= 15 is 0 Å². The molecule has 0 fully saturated rings. The van der Waals surface area contributed by atoms with E-state index in [0.29, 0.717) is 0 Å². The second-order valence-electron chi connectivity index (χ2n) is 4.17. The van der Waals surface area contributed by atoms with Crippen LogP contribution in [0.15, 0.2) is 0 Å². The van der Waals surface area contributed by atoms with Crippen molar-refractivity contribution in [2.75, 3.05) is 27.2 Å². The molecule has 1 N–H and O–H groups in total. The zero-order valence-corrected chi connectivity index (χ0v) is 12.5. The van der Waals surface area contributed by atoms with Gasteiger partial charge in [0.15, 0.2) is 0 Å². The molecule has 0 aromatic carbocycles. The van der Waals surface area contributed by atoms with Gasteiger partial charge in [0.2, 0.25) is 0 Å². The lowest BCUT2D eigenvalue weighted by Gasteiger charge is -2.27. The monoisotopic (exact) mass is 230 g/mol. The van der Waals surface area contributed by atoms with Crippen molar-refractivity contribution in [3.8, 4) is 0 Å². The van der Waals surface area contributed by atoms with Gasteiger partial charge in [-0.1, -0.05) is 40.5 Å². The summed E-state index contributed by atoms with van der Waals surface area (Å²) in [7, 11) is 4.29. The summed E-state index contributed by atoms with van der Waals surface area (Å²) < 4.78 is 0. The Labute approximate surface area is 104 Å². The molecule has 0 amide bonds. The molecule has 0 unspecified atom stereocenters. The molecule has 0 aliphatic rings. The van der Waals surface area contributed by atoms with E-state index in [1.807, 2.05) is 20.9 Å². The fourth-order valence-electron chi connectivity index (χ4n) is 1.94. The van der Waals surface area contributed by atoms with Gasteiger partial charge in [-0.15, -0.1) is 0 Å². The van der Waals surface area contributed by atoms with Crippen LogP contribution < -0.4 is 5.32 Å². The molecule has 0 heterocycles. The maximum absolute atomic E-state index is 3.20. The van der Waals surface area contributed by atoms with Crippen molar-refractivity contribution >= 4 is 0 Å². The van der Waals surface area contributed by atoms with Gasteiger partial charge < -0.3 is 10.2 Å². The lowest BCUT2D eigenvalue weighted by molar-refractivity contribution is 0.214. The molecule has 0 radical (unpaired) electrons. The summed E-state index contributed by atoms with van der Waals surface area (Å²) in [5.41, 5.74) is 0. The van der Waals surface area contributed by atoms with Crippen molar-refractivity contribution in [2.24, 2.45) is 0 Å². The SMILES string of the molecule is CC.CCCC(CCC)N(C)CCCNC. The van der Waals surface area contributed by atoms with Crippen molar-refractivity contribution < 1.29 is 0 Å². The van der Waals surface area contributed by atoms with E-state index in [0.717, 1.165) is 12.6 Å². The summed E-state index contributed by atoms with van der Waals surface area (Å²) >= 11 is 0. The molecular formula is C14H34N2. The predicted molar refractivity (Wildman–Crippen MR) is 76.1 cm³/mol. The predicted octanol–water partition coefficient (Wildman–Crippen LogP) is 3.52. The fourth-order valence-corrected chi connectivity index (χ4v) is 1.94. The van der Waals surface area contributed by atoms with Crippen molar-refractivity contribution in [1.82, 2.24) is 10.2 Å². The molecule has 0 aliphatic carbocycles. The van der Waals surface area contributed by atoms with E-state index in [1.54, 1.807) is 0 Å². The van der Waals surface area contributed by atoms with Crippen LogP contribution in [0, 0.1) is 0 Å². The molecular weight excluding hydrogens is 196 g/mol. The highest BCUT2D eigenvalue weighted by molar-refractivity contribution is 4.68. The Kier molecular flexibility index (Phi) is 17.1. The van der Waals surface area contributed by atoms with Crippen LogP contribution in [-0.2, 0) is 0 Å². The van der Waals surface area contributed by atoms with Gasteiger partial charge in [-0.2, -0.15) is 0 Å². The highest BCUT2D eigenvalue weighted by atomic mass is 15.1. The Bertz CT molecular complexity index is 109. The van der Waals surface area contributed by atoms with Crippen molar-refractivity contribution in [2.45, 2.75) is 65.8 Å². The Morgan fingerprint density at radius 2 is 1.56 bits per heavy atom. The quantitative estimate of drug-likeness (QED) is 0.610. The molecule has 0 atom stereocenters. The Morgan fingerprint density at radius 1 is 1.06 bits per heavy atom. The van der Waals surface area contributed by atoms with Crippen LogP contribution >= 0.6 is 0 Å². The van der Waals surface area contributed by atoms with Crippen LogP contribution in [0.4, 0.5) is 0 Å². The smallest absolute Gasteiger partial charge is 0.00920 e. The number of hydrogen-bond donors (Lipinski definition) is 1. The summed E-state index contributed by atoms with van der Waals surface area (Å²) in [5.74, 6) is 0. The Morgan fingerprint density at radius 3 is 1.94 bits per heavy atom. The minimum Gasteiger partial charge on any atom is -0.320 e. The standard InChI is InChI=1S/C12H28N2.C2H6/c1-5-8-12(9-6-2)14(4)11-7-10-13-3;1-2/h12-13H,5-11H2,1-4H3;1-2H3. The number of rotatable bonds is 9. The molecule has 0 rings (SSSR count). The zero-order valence-electron chi connectivity index (χ0n) is 12.5. The first-order valence-corrected chi connectivity index (χ1v) is 7.11. The van der Waals surface area contributed by atoms with Gasteiger partial charge in [-0.3, -0.25) is 0 Å². The molecule has 0 aromatic rings. The maximum atomic E-state index is 3.20. The molecule has 16 heavy (non-hydrogen) atoms. The maximum Gasteiger partial charge on any atom is 0.00920 e. The van der Waals surface area contributed by atoms with E-state index in [1.165, 1.54) is 38.6 Å². The third-order valence-electron chi connectivity index (χ3n) is 2.80. The molecule has 0 aromatic heterocycles. The van der Waals surface area contributed by atoms with Gasteiger partial charge in [0.05, 0.1) is 0 Å². The number of nitrogens with one attached hydrogen (secondary N) is 1. The third-order valence-corrected chi connectivity index (χ3v) is 2.80. The van der Waals surface area contributed by atoms with E-state index in [2.05, 4.69) is 31.1 Å². The average Bonchev–Trinajstić information content (AvgIpc) is 2.31. The molecule has 0 bridgehead atoms. The van der Waals surface area contributed by atoms with Crippen molar-refractivity contribution in [3.05, 3.63) is 0 Å². The Balaban J connectivity index is 0. The molecule has 0 saturated heterocycles. The summed E-state index contributed by atoms with van der Waals surface area (Å²) in [6.07, 6.45) is 6.58. The van der Waals surface area contributed by atoms with Gasteiger partial charge >= 0.3 is 0 Å². The van der Waals surface area contributed by atoms with Gasteiger partial charge in [0, 0.05) is 6.04 Å². The molecule has 0 spiro atoms. The molecule has 0 aliphatic heterocycles. The molecule has 0 saturated carbocycles. The van der Waals surface area contributed by atoms with E-state index in [9.17, 15) is 0 Å². The first-order valence-electron chi connectivity index (χ1n) is 7.11. The van der Waals surface area contributed by atoms with Crippen LogP contribution in [0.1, 0.15) is 59.8 Å². The lowest BCUT2D eigenvalue weighted by atomic mass is 10.1. The largest absolute Gasteiger partial charge is 0.320 e. The summed E-state index contributed by atoms with van der Waals surface area (Å²) in [6, 6.07) is 0.807. The van der Waals surface area contributed by atoms with Gasteiger partial charge in [0.25, 0.3) is 0 Å². The summed E-state index contributed by atoms with van der Waals surface area (Å²) in [5, 5.41) is 3.20. The average molecular weight is 230 g/mol. The number of nitrogens with zero attached hydrogens (tertiary/aromatic N) is 1. The minimum atomic E-state index is 0.807. The topological polar surface area (TPSA) is 15.3 Å². The minimum absolute atomic E-state index is 0.807. The molecule has 100 valence electrons. The zero-order chi connectivity index (χ0) is 12.8. The third kappa shape index (κ3) is 10.4. The first kappa shape index (κ1) is 18.3. The van der Waals surface area contributed by atoms with E-state index in [-0.39, 0.29) is 0 Å². The van der Waals surface area contributed by atoms with Crippen molar-refractivity contribution in [1.29, 1.82) is 0 Å². The van der Waals surface area contributed by atoms with E-state index < -0.39 is 0 Å². The first-order chi connectivity index (χ1) is 7.76. The van der Waals surface area contributed by atoms with Crippen LogP contribution in [0.3, 0.4) is 0 Å². The van der Waals surface area contributed by atoms with Crippen LogP contribution in [0.2, 0.25) is 0 Å². The lowest BCUT2D eigenvalue weighted by Crippen LogP contribution is -2.33. The van der Waals surface area contributed by atoms with E-state index in [4.69, 9.17) is 0 Å². The van der Waals surface area contributed by atoms with Crippen LogP contribution in [-0.4, -0.2) is 38.1 Å². The van der Waals surface area contributed by atoms with Gasteiger partial charge in [0.1, 0.15) is 0 Å². The van der Waals surface area contributed by atoms with Gasteiger partial charge in [-0.05, 0) is 46.4 Å². The van der Waals surface area contributed by atoms with Crippen LogP contribution in [0.5, 0.6) is 0 Å². The second-order valence-corrected chi connectivity index (χ2v) is 4.17. The Hall–Kier alpha value is -0.0800. The normalized spacial score (nSPS) is 10.5. The molecule has 2 nitrogen and oxygen atoms in total. The van der Waals surface area contributed by atoms with Crippen molar-refractivity contribution in [3.63, 3.8) is 0 Å². The van der Waals surface area contributed by atoms with Gasteiger partial charge in [-0.25, -0.2) is 0 Å². The highest BCUT2D eigenvalue weighted by Gasteiger charge is 2.11. The second kappa shape index (κ2) is 14.9. The summed E-state index contributed by atoms with van der Waals surface area (Å²) in [4.78, 5) is 2.53. The number of hydrogen-bond acceptors (Lipinski definition) is 2. The molecule has 2 heteroatoms. The summed E-state index contributed by atoms with van der Waals surface area (Å²) in [6.45, 7) is 10.9.